The molecule has 2 N–H and O–H groups in total. The van der Waals surface area contributed by atoms with E-state index in [1.807, 2.05) is 4.90 Å². The van der Waals surface area contributed by atoms with Crippen LogP contribution in [0.1, 0.15) is 9.67 Å². The number of hydrogen-bond donors (Lipinski definition) is 1. The first-order valence-corrected chi connectivity index (χ1v) is 5.64. The van der Waals surface area contributed by atoms with Crippen LogP contribution in [-0.4, -0.2) is 53.3 Å². The van der Waals surface area contributed by atoms with Gasteiger partial charge in [-0.2, -0.15) is 4.37 Å². The van der Waals surface area contributed by atoms with E-state index < -0.39 is 0 Å². The number of aromatic nitrogens is 1. The quantitative estimate of drug-likeness (QED) is 0.738. The second-order valence-electron chi connectivity index (χ2n) is 3.71. The predicted octanol–water partition coefficient (Wildman–Crippen LogP) is 0.113. The molecule has 1 fully saturated rings. The summed E-state index contributed by atoms with van der Waals surface area (Å²) in [7, 11) is 2.06. The monoisotopic (exact) mass is 226 g/mol. The maximum Gasteiger partial charge on any atom is 0.265 e. The highest BCUT2D eigenvalue weighted by Gasteiger charge is 2.21. The zero-order valence-corrected chi connectivity index (χ0v) is 9.46. The molecule has 0 bridgehead atoms. The summed E-state index contributed by atoms with van der Waals surface area (Å²) in [5.41, 5.74) is 5.49. The van der Waals surface area contributed by atoms with Gasteiger partial charge in [0.15, 0.2) is 0 Å². The first kappa shape index (κ1) is 10.4. The lowest BCUT2D eigenvalue weighted by atomic mass is 10.3. The van der Waals surface area contributed by atoms with E-state index >= 15 is 0 Å². The van der Waals surface area contributed by atoms with Gasteiger partial charge in [0.05, 0.1) is 0 Å². The predicted molar refractivity (Wildman–Crippen MR) is 59.9 cm³/mol. The topological polar surface area (TPSA) is 62.5 Å². The molecule has 0 aromatic carbocycles. The molecule has 1 aromatic rings. The largest absolute Gasteiger partial charge is 0.383 e. The minimum atomic E-state index is 0.0531. The number of carbonyl (C=O) groups excluding carboxylic acids is 1. The lowest BCUT2D eigenvalue weighted by Crippen LogP contribution is -2.46. The van der Waals surface area contributed by atoms with Gasteiger partial charge in [0, 0.05) is 32.2 Å². The number of hydrogen-bond acceptors (Lipinski definition) is 5. The molecule has 0 aliphatic carbocycles. The zero-order chi connectivity index (χ0) is 10.8. The summed E-state index contributed by atoms with van der Waals surface area (Å²) < 4.78 is 3.91. The van der Waals surface area contributed by atoms with Crippen molar-refractivity contribution in [3.63, 3.8) is 0 Å². The van der Waals surface area contributed by atoms with E-state index in [1.54, 1.807) is 6.07 Å². The summed E-state index contributed by atoms with van der Waals surface area (Å²) >= 11 is 1.17. The number of nitrogens with two attached hydrogens (primary N) is 1. The van der Waals surface area contributed by atoms with Crippen molar-refractivity contribution >= 4 is 23.3 Å². The Bertz CT molecular complexity index is 357. The van der Waals surface area contributed by atoms with Crippen molar-refractivity contribution in [2.75, 3.05) is 39.0 Å². The Morgan fingerprint density at radius 2 is 2.13 bits per heavy atom. The first-order chi connectivity index (χ1) is 7.16. The molecule has 1 aromatic heterocycles. The van der Waals surface area contributed by atoms with E-state index in [-0.39, 0.29) is 5.91 Å². The van der Waals surface area contributed by atoms with Crippen LogP contribution in [0.15, 0.2) is 6.07 Å². The number of likely N-dealkylation sites (N-methyl/N-ethyl adjacent to an activating group) is 1. The van der Waals surface area contributed by atoms with E-state index in [0.29, 0.717) is 10.7 Å². The van der Waals surface area contributed by atoms with E-state index in [2.05, 4.69) is 16.3 Å². The average Bonchev–Trinajstić information content (AvgIpc) is 2.65. The molecule has 5 nitrogen and oxygen atoms in total. The van der Waals surface area contributed by atoms with Gasteiger partial charge in [-0.1, -0.05) is 0 Å². The summed E-state index contributed by atoms with van der Waals surface area (Å²) in [4.78, 5) is 16.6. The van der Waals surface area contributed by atoms with Crippen LogP contribution < -0.4 is 5.73 Å². The van der Waals surface area contributed by atoms with Crippen molar-refractivity contribution < 1.29 is 4.79 Å². The fourth-order valence-electron chi connectivity index (χ4n) is 1.56. The molecule has 1 aliphatic rings. The van der Waals surface area contributed by atoms with Crippen molar-refractivity contribution in [1.82, 2.24) is 14.2 Å². The van der Waals surface area contributed by atoms with Gasteiger partial charge in [-0.3, -0.25) is 4.79 Å². The molecular weight excluding hydrogens is 212 g/mol. The van der Waals surface area contributed by atoms with Gasteiger partial charge in [0.1, 0.15) is 10.7 Å². The maximum absolute atomic E-state index is 11.9. The Balaban J connectivity index is 2.02. The number of nitrogens with zero attached hydrogens (tertiary/aromatic N) is 3. The van der Waals surface area contributed by atoms with Crippen molar-refractivity contribution in [3.8, 4) is 0 Å². The van der Waals surface area contributed by atoms with Gasteiger partial charge >= 0.3 is 0 Å². The highest BCUT2D eigenvalue weighted by Crippen LogP contribution is 2.15. The molecule has 0 unspecified atom stereocenters. The van der Waals surface area contributed by atoms with Crippen LogP contribution in [0.3, 0.4) is 0 Å². The maximum atomic E-state index is 11.9. The zero-order valence-electron chi connectivity index (χ0n) is 8.64. The fourth-order valence-corrected chi connectivity index (χ4v) is 2.19. The Morgan fingerprint density at radius 3 is 2.67 bits per heavy atom. The van der Waals surface area contributed by atoms with Crippen LogP contribution in [0.2, 0.25) is 0 Å². The molecule has 0 saturated carbocycles. The van der Waals surface area contributed by atoms with Crippen LogP contribution in [0.25, 0.3) is 0 Å². The van der Waals surface area contributed by atoms with Crippen molar-refractivity contribution in [1.29, 1.82) is 0 Å². The Morgan fingerprint density at radius 1 is 1.47 bits per heavy atom. The highest BCUT2D eigenvalue weighted by molar-refractivity contribution is 7.08. The van der Waals surface area contributed by atoms with E-state index in [9.17, 15) is 4.79 Å². The number of piperazine rings is 1. The summed E-state index contributed by atoms with van der Waals surface area (Å²) in [5, 5.41) is 0. The molecule has 82 valence electrons. The van der Waals surface area contributed by atoms with Crippen LogP contribution in [-0.2, 0) is 0 Å². The number of nitrogen functional groups attached to an aromatic ring is 1. The molecule has 1 amide bonds. The molecule has 2 rings (SSSR count). The van der Waals surface area contributed by atoms with Crippen molar-refractivity contribution in [3.05, 3.63) is 10.9 Å². The minimum absolute atomic E-state index is 0.0531. The Hall–Kier alpha value is -1.14. The van der Waals surface area contributed by atoms with Crippen molar-refractivity contribution in [2.45, 2.75) is 0 Å². The standard InChI is InChI=1S/C9H14N4OS/c1-12-2-4-13(5-3-12)9(14)7-6-8(10)11-15-7/h6H,2-5H2,1H3,(H2,10,11). The lowest BCUT2D eigenvalue weighted by molar-refractivity contribution is 0.0669. The molecule has 0 radical (unpaired) electrons. The minimum Gasteiger partial charge on any atom is -0.383 e. The molecule has 15 heavy (non-hydrogen) atoms. The van der Waals surface area contributed by atoms with Gasteiger partial charge < -0.3 is 15.5 Å². The number of amides is 1. The molecule has 0 atom stereocenters. The van der Waals surface area contributed by atoms with Gasteiger partial charge in [-0.25, -0.2) is 0 Å². The molecule has 6 heteroatoms. The molecule has 0 spiro atoms. The number of carbonyl (C=O) groups is 1. The van der Waals surface area contributed by atoms with Gasteiger partial charge in [-0.05, 0) is 18.6 Å². The summed E-state index contributed by atoms with van der Waals surface area (Å²) in [5.74, 6) is 0.481. The van der Waals surface area contributed by atoms with Gasteiger partial charge in [0.2, 0.25) is 0 Å². The Kier molecular flexibility index (Phi) is 2.88. The molecule has 1 aliphatic heterocycles. The van der Waals surface area contributed by atoms with Gasteiger partial charge in [0.25, 0.3) is 5.91 Å². The van der Waals surface area contributed by atoms with Crippen molar-refractivity contribution in [2.24, 2.45) is 0 Å². The third kappa shape index (κ3) is 2.27. The smallest absolute Gasteiger partial charge is 0.265 e. The average molecular weight is 226 g/mol. The summed E-state index contributed by atoms with van der Waals surface area (Å²) in [6.07, 6.45) is 0. The Labute approximate surface area is 92.6 Å². The summed E-state index contributed by atoms with van der Waals surface area (Å²) in [6.45, 7) is 3.43. The fraction of sp³-hybridized carbons (Fsp3) is 0.556. The SMILES string of the molecule is CN1CCN(C(=O)c2cc(N)ns2)CC1. The van der Waals surface area contributed by atoms with Gasteiger partial charge in [-0.15, -0.1) is 0 Å². The third-order valence-electron chi connectivity index (χ3n) is 2.53. The normalized spacial score (nSPS) is 18.1. The molecular formula is C9H14N4OS. The summed E-state index contributed by atoms with van der Waals surface area (Å²) in [6, 6.07) is 1.64. The molecule has 1 saturated heterocycles. The highest BCUT2D eigenvalue weighted by atomic mass is 32.1. The first-order valence-electron chi connectivity index (χ1n) is 4.87. The third-order valence-corrected chi connectivity index (χ3v) is 3.32. The molecule has 2 heterocycles. The number of anilines is 1. The van der Waals surface area contributed by atoms with Crippen LogP contribution in [0.4, 0.5) is 5.82 Å². The van der Waals surface area contributed by atoms with Crippen LogP contribution in [0.5, 0.6) is 0 Å². The van der Waals surface area contributed by atoms with E-state index in [0.717, 1.165) is 26.2 Å². The van der Waals surface area contributed by atoms with Crippen LogP contribution >= 0.6 is 11.5 Å². The lowest BCUT2D eigenvalue weighted by Gasteiger charge is -2.31. The number of rotatable bonds is 1. The van der Waals surface area contributed by atoms with E-state index in [1.165, 1.54) is 11.5 Å². The second kappa shape index (κ2) is 4.16. The van der Waals surface area contributed by atoms with E-state index in [4.69, 9.17) is 5.73 Å². The second-order valence-corrected chi connectivity index (χ2v) is 4.52. The van der Waals surface area contributed by atoms with Crippen LogP contribution in [0, 0.1) is 0 Å².